The quantitative estimate of drug-likeness (QED) is 0.596. The van der Waals surface area contributed by atoms with Crippen molar-refractivity contribution in [1.29, 1.82) is 0 Å². The van der Waals surface area contributed by atoms with Gasteiger partial charge in [0.05, 0.1) is 4.92 Å². The lowest BCUT2D eigenvalue weighted by molar-refractivity contribution is -0.386. The van der Waals surface area contributed by atoms with Crippen molar-refractivity contribution in [1.82, 2.24) is 10.1 Å². The number of nitrogens with zero attached hydrogens (tertiary/aromatic N) is 3. The largest absolute Gasteiger partial charge is 0.474 e. The van der Waals surface area contributed by atoms with Crippen LogP contribution in [0.25, 0.3) is 0 Å². The first-order valence-electron chi connectivity index (χ1n) is 5.93. The van der Waals surface area contributed by atoms with Crippen LogP contribution in [-0.4, -0.2) is 22.2 Å². The van der Waals surface area contributed by atoms with Gasteiger partial charge in [-0.3, -0.25) is 10.1 Å². The summed E-state index contributed by atoms with van der Waals surface area (Å²) in [6.07, 6.45) is -0.774. The minimum atomic E-state index is -0.774. The fourth-order valence-corrected chi connectivity index (χ4v) is 1.59. The van der Waals surface area contributed by atoms with Crippen molar-refractivity contribution in [3.8, 4) is 5.75 Å². The maximum atomic E-state index is 13.2. The van der Waals surface area contributed by atoms with Gasteiger partial charge in [0, 0.05) is 19.2 Å². The van der Waals surface area contributed by atoms with Gasteiger partial charge >= 0.3 is 5.69 Å². The molecule has 21 heavy (non-hydrogen) atoms. The topological polar surface area (TPSA) is 101 Å². The van der Waals surface area contributed by atoms with Crippen LogP contribution < -0.4 is 4.74 Å². The number of aromatic nitrogens is 2. The van der Waals surface area contributed by atoms with Gasteiger partial charge in [-0.15, -0.1) is 0 Å². The normalized spacial score (nSPS) is 12.1. The molecule has 0 aliphatic heterocycles. The molecule has 1 aromatic heterocycles. The van der Waals surface area contributed by atoms with Crippen LogP contribution in [-0.2, 0) is 11.3 Å². The highest BCUT2D eigenvalue weighted by Crippen LogP contribution is 2.31. The molecule has 2 aromatic rings. The molecule has 1 heterocycles. The van der Waals surface area contributed by atoms with E-state index in [-0.39, 0.29) is 23.9 Å². The molecule has 8 nitrogen and oxygen atoms in total. The highest BCUT2D eigenvalue weighted by atomic mass is 19.1. The number of ether oxygens (including phenoxy) is 2. The molecule has 0 unspecified atom stereocenters. The molecule has 0 radical (unpaired) electrons. The molecular formula is C12H12FN3O5. The second-order valence-corrected chi connectivity index (χ2v) is 4.11. The van der Waals surface area contributed by atoms with Crippen LogP contribution in [0.15, 0.2) is 22.7 Å². The molecule has 0 N–H and O–H groups in total. The first-order valence-corrected chi connectivity index (χ1v) is 5.93. The zero-order chi connectivity index (χ0) is 15.4. The van der Waals surface area contributed by atoms with E-state index in [1.807, 2.05) is 0 Å². The van der Waals surface area contributed by atoms with E-state index in [1.54, 1.807) is 6.92 Å². The third-order valence-corrected chi connectivity index (χ3v) is 2.53. The molecule has 1 aromatic carbocycles. The molecule has 1 atom stereocenters. The Morgan fingerprint density at radius 3 is 2.95 bits per heavy atom. The Bertz CT molecular complexity index is 646. The van der Waals surface area contributed by atoms with Gasteiger partial charge in [0.25, 0.3) is 5.89 Å². The van der Waals surface area contributed by atoms with Crippen LogP contribution in [0.3, 0.4) is 0 Å². The summed E-state index contributed by atoms with van der Waals surface area (Å²) in [5, 5.41) is 14.5. The highest BCUT2D eigenvalue weighted by Gasteiger charge is 2.22. The van der Waals surface area contributed by atoms with Crippen LogP contribution in [0.5, 0.6) is 5.75 Å². The van der Waals surface area contributed by atoms with E-state index in [4.69, 9.17) is 14.0 Å². The number of hydrogen-bond acceptors (Lipinski definition) is 7. The number of benzene rings is 1. The van der Waals surface area contributed by atoms with Crippen LogP contribution in [0.4, 0.5) is 10.1 Å². The van der Waals surface area contributed by atoms with Crippen molar-refractivity contribution in [2.24, 2.45) is 0 Å². The molecule has 0 bridgehead atoms. The van der Waals surface area contributed by atoms with E-state index < -0.39 is 16.8 Å². The fourth-order valence-electron chi connectivity index (χ4n) is 1.59. The van der Waals surface area contributed by atoms with Crippen molar-refractivity contribution in [2.45, 2.75) is 19.6 Å². The highest BCUT2D eigenvalue weighted by molar-refractivity contribution is 5.46. The van der Waals surface area contributed by atoms with Crippen LogP contribution in [0.1, 0.15) is 24.7 Å². The predicted molar refractivity (Wildman–Crippen MR) is 67.1 cm³/mol. The van der Waals surface area contributed by atoms with E-state index in [9.17, 15) is 14.5 Å². The molecule has 0 aliphatic carbocycles. The lowest BCUT2D eigenvalue weighted by Crippen LogP contribution is -2.06. The minimum absolute atomic E-state index is 0.112. The lowest BCUT2D eigenvalue weighted by atomic mass is 10.3. The molecular weight excluding hydrogens is 285 g/mol. The minimum Gasteiger partial charge on any atom is -0.474 e. The summed E-state index contributed by atoms with van der Waals surface area (Å²) in [6.45, 7) is 1.72. The maximum absolute atomic E-state index is 13.2. The summed E-state index contributed by atoms with van der Waals surface area (Å²) in [5.41, 5.74) is -0.347. The van der Waals surface area contributed by atoms with Gasteiger partial charge in [-0.25, -0.2) is 4.39 Å². The van der Waals surface area contributed by atoms with Gasteiger partial charge in [-0.1, -0.05) is 5.16 Å². The summed E-state index contributed by atoms with van der Waals surface area (Å²) < 4.78 is 28.3. The van der Waals surface area contributed by atoms with E-state index >= 15 is 0 Å². The molecule has 0 aliphatic rings. The second-order valence-electron chi connectivity index (χ2n) is 4.11. The first kappa shape index (κ1) is 14.9. The van der Waals surface area contributed by atoms with Gasteiger partial charge < -0.3 is 14.0 Å². The molecule has 0 amide bonds. The Balaban J connectivity index is 2.20. The van der Waals surface area contributed by atoms with E-state index in [1.165, 1.54) is 7.11 Å². The number of methoxy groups -OCH3 is 1. The van der Waals surface area contributed by atoms with Crippen molar-refractivity contribution in [2.75, 3.05) is 7.11 Å². The Morgan fingerprint density at radius 1 is 1.52 bits per heavy atom. The average molecular weight is 297 g/mol. The van der Waals surface area contributed by atoms with E-state index in [0.717, 1.165) is 18.2 Å². The number of nitro groups is 1. The number of rotatable bonds is 6. The monoisotopic (exact) mass is 297 g/mol. The van der Waals surface area contributed by atoms with Gasteiger partial charge in [-0.2, -0.15) is 4.98 Å². The second kappa shape index (κ2) is 6.27. The number of hydrogen-bond donors (Lipinski definition) is 0. The Kier molecular flexibility index (Phi) is 4.43. The van der Waals surface area contributed by atoms with Crippen molar-refractivity contribution >= 4 is 5.69 Å². The summed E-state index contributed by atoms with van der Waals surface area (Å²) >= 11 is 0. The van der Waals surface area contributed by atoms with E-state index in [0.29, 0.717) is 5.82 Å². The zero-order valence-electron chi connectivity index (χ0n) is 11.3. The van der Waals surface area contributed by atoms with Crippen LogP contribution in [0, 0.1) is 15.9 Å². The maximum Gasteiger partial charge on any atom is 0.311 e. The van der Waals surface area contributed by atoms with Crippen molar-refractivity contribution < 1.29 is 23.3 Å². The molecule has 0 saturated heterocycles. The fraction of sp³-hybridized carbons (Fsp3) is 0.333. The third-order valence-electron chi connectivity index (χ3n) is 2.53. The lowest BCUT2D eigenvalue weighted by Gasteiger charge is -2.10. The predicted octanol–water partition coefficient (Wildman–Crippen LogP) is 2.40. The summed E-state index contributed by atoms with van der Waals surface area (Å²) in [5.74, 6) is -0.426. The van der Waals surface area contributed by atoms with E-state index in [2.05, 4.69) is 10.1 Å². The summed E-state index contributed by atoms with van der Waals surface area (Å²) in [7, 11) is 1.48. The number of nitro benzene ring substituents is 1. The average Bonchev–Trinajstić information content (AvgIpc) is 2.87. The Labute approximate surface area is 118 Å². The summed E-state index contributed by atoms with van der Waals surface area (Å²) in [6, 6.07) is 2.95. The Hall–Kier alpha value is -2.55. The smallest absolute Gasteiger partial charge is 0.311 e. The number of halogens is 1. The molecule has 2 rings (SSSR count). The summed E-state index contributed by atoms with van der Waals surface area (Å²) in [4.78, 5) is 14.2. The van der Waals surface area contributed by atoms with Crippen LogP contribution >= 0.6 is 0 Å². The molecule has 112 valence electrons. The van der Waals surface area contributed by atoms with Crippen LogP contribution in [0.2, 0.25) is 0 Å². The van der Waals surface area contributed by atoms with Crippen molar-refractivity contribution in [3.63, 3.8) is 0 Å². The third kappa shape index (κ3) is 3.51. The Morgan fingerprint density at radius 2 is 2.29 bits per heavy atom. The van der Waals surface area contributed by atoms with Gasteiger partial charge in [0.2, 0.25) is 5.75 Å². The standard InChI is InChI=1S/C12H12FN3O5/c1-7(12-14-11(6-19-2)15-21-12)20-10-5-8(13)3-4-9(10)16(17)18/h3-5,7H,6H2,1-2H3/t7-/m0/s1. The first-order chi connectivity index (χ1) is 10.0. The van der Waals surface area contributed by atoms with Gasteiger partial charge in [-0.05, 0) is 13.0 Å². The zero-order valence-corrected chi connectivity index (χ0v) is 11.3. The molecule has 0 saturated carbocycles. The SMILES string of the molecule is COCc1noc([C@H](C)Oc2cc(F)ccc2[N+](=O)[O-])n1. The molecule has 0 spiro atoms. The van der Waals surface area contributed by atoms with Gasteiger partial charge in [0.1, 0.15) is 12.4 Å². The molecule has 0 fully saturated rings. The van der Waals surface area contributed by atoms with Gasteiger partial charge in [0.15, 0.2) is 11.9 Å². The van der Waals surface area contributed by atoms with Crippen molar-refractivity contribution in [3.05, 3.63) is 45.8 Å². The molecule has 9 heteroatoms.